The molecule has 0 aliphatic rings. The highest BCUT2D eigenvalue weighted by atomic mass is 16.4. The Hall–Kier alpha value is -1.54. The number of carboxylic acid groups (broad SMARTS) is 2. The van der Waals surface area contributed by atoms with Crippen molar-refractivity contribution in [1.29, 1.82) is 0 Å². The first kappa shape index (κ1) is 15.0. The Bertz CT molecular complexity index is 146. The molecule has 0 unspecified atom stereocenters. The van der Waals surface area contributed by atoms with Crippen molar-refractivity contribution in [3.05, 3.63) is 0 Å². The molecule has 0 aromatic carbocycles. The molecule has 0 fully saturated rings. The first-order valence-corrected chi connectivity index (χ1v) is 3.88. The maximum Gasteiger partial charge on any atom is 0.404 e. The zero-order chi connectivity index (χ0) is 11.4. The van der Waals surface area contributed by atoms with E-state index in [1.54, 1.807) is 0 Å². The first-order chi connectivity index (χ1) is 6.54. The van der Waals surface area contributed by atoms with E-state index in [4.69, 9.17) is 21.7 Å². The molecule has 0 radical (unpaired) electrons. The minimum absolute atomic E-state index is 0.0850. The van der Waals surface area contributed by atoms with E-state index in [9.17, 15) is 9.59 Å². The molecule has 0 rings (SSSR count). The third-order valence-corrected chi connectivity index (χ3v) is 0.844. The van der Waals surface area contributed by atoms with E-state index in [1.165, 1.54) is 0 Å². The van der Waals surface area contributed by atoms with Crippen molar-refractivity contribution in [2.75, 3.05) is 26.2 Å². The maximum absolute atomic E-state index is 9.76. The largest absolute Gasteiger partial charge is 0.465 e. The SMILES string of the molecule is NCCN.O=C(O)NCCNC(=O)O. The number of rotatable bonds is 4. The molecule has 8 N–H and O–H groups in total. The van der Waals surface area contributed by atoms with Gasteiger partial charge in [0.05, 0.1) is 0 Å². The molecule has 0 aliphatic heterocycles. The van der Waals surface area contributed by atoms with Crippen LogP contribution in [-0.4, -0.2) is 48.6 Å². The second-order valence-corrected chi connectivity index (χ2v) is 2.04. The van der Waals surface area contributed by atoms with Crippen LogP contribution in [0.1, 0.15) is 0 Å². The molecular formula is C6H16N4O4. The van der Waals surface area contributed by atoms with Gasteiger partial charge in [0.15, 0.2) is 0 Å². The van der Waals surface area contributed by atoms with Crippen LogP contribution in [-0.2, 0) is 0 Å². The summed E-state index contributed by atoms with van der Waals surface area (Å²) in [5, 5.41) is 20.0. The van der Waals surface area contributed by atoms with Gasteiger partial charge in [0.1, 0.15) is 0 Å². The van der Waals surface area contributed by atoms with Gasteiger partial charge in [-0.25, -0.2) is 9.59 Å². The van der Waals surface area contributed by atoms with Crippen LogP contribution in [0.3, 0.4) is 0 Å². The Labute approximate surface area is 81.3 Å². The number of hydrogen-bond acceptors (Lipinski definition) is 4. The van der Waals surface area contributed by atoms with Gasteiger partial charge in [0.25, 0.3) is 0 Å². The van der Waals surface area contributed by atoms with E-state index in [-0.39, 0.29) is 13.1 Å². The van der Waals surface area contributed by atoms with Gasteiger partial charge in [-0.1, -0.05) is 0 Å². The van der Waals surface area contributed by atoms with E-state index in [1.807, 2.05) is 10.6 Å². The molecule has 8 nitrogen and oxygen atoms in total. The highest BCUT2D eigenvalue weighted by molar-refractivity contribution is 5.65. The lowest BCUT2D eigenvalue weighted by molar-refractivity contribution is 0.189. The molecule has 0 bridgehead atoms. The maximum atomic E-state index is 9.76. The smallest absolute Gasteiger partial charge is 0.404 e. The number of carbonyl (C=O) groups is 2. The van der Waals surface area contributed by atoms with Crippen LogP contribution in [0, 0.1) is 0 Å². The number of nitrogens with two attached hydrogens (primary N) is 2. The van der Waals surface area contributed by atoms with Gasteiger partial charge in [-0.15, -0.1) is 0 Å². The lowest BCUT2D eigenvalue weighted by atomic mass is 10.6. The number of hydrogen-bond donors (Lipinski definition) is 6. The van der Waals surface area contributed by atoms with Crippen molar-refractivity contribution in [2.45, 2.75) is 0 Å². The Balaban J connectivity index is 0. The second-order valence-electron chi connectivity index (χ2n) is 2.04. The van der Waals surface area contributed by atoms with Crippen LogP contribution in [0.2, 0.25) is 0 Å². The van der Waals surface area contributed by atoms with Crippen LogP contribution < -0.4 is 22.1 Å². The fraction of sp³-hybridized carbons (Fsp3) is 0.667. The predicted molar refractivity (Wildman–Crippen MR) is 50.2 cm³/mol. The monoisotopic (exact) mass is 208 g/mol. The van der Waals surface area contributed by atoms with Crippen molar-refractivity contribution < 1.29 is 19.8 Å². The summed E-state index contributed by atoms with van der Waals surface area (Å²) in [5.74, 6) is 0. The third kappa shape index (κ3) is 22.4. The molecule has 0 aromatic rings. The van der Waals surface area contributed by atoms with Crippen LogP contribution >= 0.6 is 0 Å². The van der Waals surface area contributed by atoms with Gasteiger partial charge < -0.3 is 32.3 Å². The Morgan fingerprint density at radius 1 is 0.929 bits per heavy atom. The molecule has 0 spiro atoms. The van der Waals surface area contributed by atoms with Crippen molar-refractivity contribution >= 4 is 12.2 Å². The van der Waals surface area contributed by atoms with Crippen LogP contribution in [0.4, 0.5) is 9.59 Å². The summed E-state index contributed by atoms with van der Waals surface area (Å²) in [6.07, 6.45) is -2.32. The fourth-order valence-electron chi connectivity index (χ4n) is 0.339. The van der Waals surface area contributed by atoms with Gasteiger partial charge in [0, 0.05) is 26.2 Å². The predicted octanol–water partition coefficient (Wildman–Crippen LogP) is -1.57. The third-order valence-electron chi connectivity index (χ3n) is 0.844. The Morgan fingerprint density at radius 3 is 1.36 bits per heavy atom. The quantitative estimate of drug-likeness (QED) is 0.307. The van der Waals surface area contributed by atoms with E-state index in [0.29, 0.717) is 13.1 Å². The second kappa shape index (κ2) is 11.5. The van der Waals surface area contributed by atoms with Gasteiger partial charge in [0.2, 0.25) is 0 Å². The zero-order valence-corrected chi connectivity index (χ0v) is 7.69. The summed E-state index contributed by atoms with van der Waals surface area (Å²) in [5.41, 5.74) is 9.81. The van der Waals surface area contributed by atoms with Crippen molar-refractivity contribution in [1.82, 2.24) is 10.6 Å². The van der Waals surface area contributed by atoms with E-state index < -0.39 is 12.2 Å². The minimum Gasteiger partial charge on any atom is -0.465 e. The lowest BCUT2D eigenvalue weighted by Crippen LogP contribution is -2.32. The summed E-state index contributed by atoms with van der Waals surface area (Å²) in [7, 11) is 0. The molecule has 2 amide bonds. The Kier molecular flexibility index (Phi) is 12.2. The van der Waals surface area contributed by atoms with Crippen molar-refractivity contribution in [2.24, 2.45) is 11.5 Å². The van der Waals surface area contributed by atoms with Crippen LogP contribution in [0.25, 0.3) is 0 Å². The lowest BCUT2D eigenvalue weighted by Gasteiger charge is -1.99. The average Bonchev–Trinajstić information content (AvgIpc) is 2.12. The van der Waals surface area contributed by atoms with Gasteiger partial charge in [-0.05, 0) is 0 Å². The minimum atomic E-state index is -1.16. The van der Waals surface area contributed by atoms with Crippen molar-refractivity contribution in [3.63, 3.8) is 0 Å². The molecule has 0 atom stereocenters. The summed E-state index contributed by atoms with van der Waals surface area (Å²) in [6, 6.07) is 0. The number of nitrogens with one attached hydrogen (secondary N) is 2. The summed E-state index contributed by atoms with van der Waals surface area (Å²) < 4.78 is 0. The molecule has 14 heavy (non-hydrogen) atoms. The molecule has 0 saturated heterocycles. The summed E-state index contributed by atoms with van der Waals surface area (Å²) >= 11 is 0. The van der Waals surface area contributed by atoms with Gasteiger partial charge >= 0.3 is 12.2 Å². The zero-order valence-electron chi connectivity index (χ0n) is 7.69. The van der Waals surface area contributed by atoms with E-state index in [2.05, 4.69) is 0 Å². The Morgan fingerprint density at radius 2 is 1.21 bits per heavy atom. The molecule has 8 heteroatoms. The van der Waals surface area contributed by atoms with Gasteiger partial charge in [-0.3, -0.25) is 0 Å². The standard InChI is InChI=1S/C4H8N2O4.C2H8N2/c7-3(8)5-1-2-6-4(9)10;3-1-2-4/h5-6H,1-2H2,(H,7,8)(H,9,10);1-4H2. The molecular weight excluding hydrogens is 192 g/mol. The molecule has 0 aromatic heterocycles. The number of amides is 2. The highest BCUT2D eigenvalue weighted by Gasteiger charge is 1.94. The molecule has 0 heterocycles. The van der Waals surface area contributed by atoms with Crippen LogP contribution in [0.15, 0.2) is 0 Å². The van der Waals surface area contributed by atoms with Crippen molar-refractivity contribution in [3.8, 4) is 0 Å². The summed E-state index contributed by atoms with van der Waals surface area (Å²) in [4.78, 5) is 19.5. The summed E-state index contributed by atoms with van der Waals surface area (Å²) in [6.45, 7) is 1.36. The van der Waals surface area contributed by atoms with E-state index >= 15 is 0 Å². The molecule has 0 aliphatic carbocycles. The van der Waals surface area contributed by atoms with Gasteiger partial charge in [-0.2, -0.15) is 0 Å². The molecule has 84 valence electrons. The van der Waals surface area contributed by atoms with Crippen LogP contribution in [0.5, 0.6) is 0 Å². The fourth-order valence-corrected chi connectivity index (χ4v) is 0.339. The topological polar surface area (TPSA) is 151 Å². The highest BCUT2D eigenvalue weighted by Crippen LogP contribution is 1.62. The average molecular weight is 208 g/mol. The first-order valence-electron chi connectivity index (χ1n) is 3.88. The van der Waals surface area contributed by atoms with E-state index in [0.717, 1.165) is 0 Å². The normalized spacial score (nSPS) is 8.14. The molecule has 0 saturated carbocycles.